The normalized spacial score (nSPS) is 17.7. The number of benzene rings is 1. The molecule has 2 rings (SSSR count). The first-order chi connectivity index (χ1) is 8.52. The van der Waals surface area contributed by atoms with Gasteiger partial charge in [-0.05, 0) is 52.7 Å². The summed E-state index contributed by atoms with van der Waals surface area (Å²) in [5.74, 6) is 0.0266. The van der Waals surface area contributed by atoms with Gasteiger partial charge < -0.3 is 5.32 Å². The van der Waals surface area contributed by atoms with E-state index in [0.717, 1.165) is 22.1 Å². The second kappa shape index (κ2) is 5.43. The van der Waals surface area contributed by atoms with Gasteiger partial charge in [0.05, 0.1) is 5.56 Å². The lowest BCUT2D eigenvalue weighted by Gasteiger charge is -2.23. The van der Waals surface area contributed by atoms with Gasteiger partial charge in [0.1, 0.15) is 0 Å². The fraction of sp³-hybridized carbons (Fsp3) is 0.533. The highest BCUT2D eigenvalue weighted by Gasteiger charge is 2.29. The van der Waals surface area contributed by atoms with Crippen LogP contribution in [0.2, 0.25) is 0 Å². The van der Waals surface area contributed by atoms with E-state index in [2.05, 4.69) is 28.2 Å². The molecule has 0 spiro atoms. The number of hydrogen-bond donors (Lipinski definition) is 1. The average molecular weight is 310 g/mol. The highest BCUT2D eigenvalue weighted by atomic mass is 79.9. The van der Waals surface area contributed by atoms with Crippen molar-refractivity contribution in [3.8, 4) is 0 Å². The Hall–Kier alpha value is -0.830. The van der Waals surface area contributed by atoms with E-state index in [1.807, 2.05) is 25.1 Å². The van der Waals surface area contributed by atoms with Crippen molar-refractivity contribution in [2.75, 3.05) is 6.54 Å². The predicted octanol–water partition coefficient (Wildman–Crippen LogP) is 4.07. The summed E-state index contributed by atoms with van der Waals surface area (Å²) in [6, 6.07) is 5.79. The first-order valence-electron chi connectivity index (χ1n) is 6.55. The lowest BCUT2D eigenvalue weighted by molar-refractivity contribution is 0.0933. The van der Waals surface area contributed by atoms with Gasteiger partial charge in [-0.2, -0.15) is 0 Å². The van der Waals surface area contributed by atoms with Gasteiger partial charge in [0.25, 0.3) is 5.91 Å². The molecule has 0 bridgehead atoms. The summed E-state index contributed by atoms with van der Waals surface area (Å²) in [5, 5.41) is 3.08. The molecule has 1 aliphatic carbocycles. The number of nitrogens with one attached hydrogen (secondary N) is 1. The molecule has 1 aliphatic rings. The Labute approximate surface area is 117 Å². The maximum Gasteiger partial charge on any atom is 0.252 e. The van der Waals surface area contributed by atoms with Crippen LogP contribution in [0, 0.1) is 12.3 Å². The minimum Gasteiger partial charge on any atom is -0.351 e. The summed E-state index contributed by atoms with van der Waals surface area (Å²) < 4.78 is 0.902. The third kappa shape index (κ3) is 2.94. The van der Waals surface area contributed by atoms with Crippen LogP contribution < -0.4 is 5.32 Å². The molecule has 1 aromatic rings. The summed E-state index contributed by atoms with van der Waals surface area (Å²) >= 11 is 3.49. The first kappa shape index (κ1) is 13.6. The van der Waals surface area contributed by atoms with Crippen LogP contribution in [0.4, 0.5) is 0 Å². The van der Waals surface area contributed by atoms with Gasteiger partial charge in [0, 0.05) is 11.0 Å². The Kier molecular flexibility index (Phi) is 4.10. The number of hydrogen-bond acceptors (Lipinski definition) is 1. The second-order valence-electron chi connectivity index (χ2n) is 5.64. The molecule has 0 aliphatic heterocycles. The van der Waals surface area contributed by atoms with Crippen molar-refractivity contribution in [2.45, 2.75) is 39.5 Å². The van der Waals surface area contributed by atoms with Gasteiger partial charge in [0.15, 0.2) is 0 Å². The molecule has 0 aromatic heterocycles. The van der Waals surface area contributed by atoms with Gasteiger partial charge in [-0.15, -0.1) is 0 Å². The largest absolute Gasteiger partial charge is 0.351 e. The number of halogens is 1. The van der Waals surface area contributed by atoms with Gasteiger partial charge >= 0.3 is 0 Å². The van der Waals surface area contributed by atoms with Gasteiger partial charge in [-0.1, -0.05) is 31.9 Å². The second-order valence-corrected chi connectivity index (χ2v) is 6.43. The average Bonchev–Trinajstić information content (AvgIpc) is 2.77. The monoisotopic (exact) mass is 309 g/mol. The molecule has 0 saturated heterocycles. The summed E-state index contributed by atoms with van der Waals surface area (Å²) in [6.45, 7) is 5.05. The van der Waals surface area contributed by atoms with Crippen LogP contribution in [0.15, 0.2) is 22.7 Å². The molecule has 3 heteroatoms. The molecule has 1 saturated carbocycles. The molecule has 1 N–H and O–H groups in total. The number of aryl methyl sites for hydroxylation is 1. The van der Waals surface area contributed by atoms with Crippen LogP contribution in [0.25, 0.3) is 0 Å². The third-order valence-corrected chi connectivity index (χ3v) is 4.98. The van der Waals surface area contributed by atoms with E-state index in [0.29, 0.717) is 5.41 Å². The number of carbonyl (C=O) groups excluding carboxylic acids is 1. The Balaban J connectivity index is 2.01. The van der Waals surface area contributed by atoms with Gasteiger partial charge in [-0.3, -0.25) is 4.79 Å². The van der Waals surface area contributed by atoms with Crippen molar-refractivity contribution in [3.63, 3.8) is 0 Å². The number of carbonyl (C=O) groups is 1. The topological polar surface area (TPSA) is 29.1 Å². The van der Waals surface area contributed by atoms with E-state index in [4.69, 9.17) is 0 Å². The molecular formula is C15H20BrNO. The van der Waals surface area contributed by atoms with Crippen molar-refractivity contribution < 1.29 is 4.79 Å². The molecule has 0 radical (unpaired) electrons. The fourth-order valence-corrected chi connectivity index (χ4v) is 3.06. The van der Waals surface area contributed by atoms with E-state index in [9.17, 15) is 4.79 Å². The van der Waals surface area contributed by atoms with Gasteiger partial charge in [-0.25, -0.2) is 0 Å². The number of rotatable bonds is 3. The summed E-state index contributed by atoms with van der Waals surface area (Å²) in [5.41, 5.74) is 2.12. The minimum absolute atomic E-state index is 0.0266. The Bertz CT molecular complexity index is 450. The molecule has 2 nitrogen and oxygen atoms in total. The molecule has 1 amide bonds. The van der Waals surface area contributed by atoms with Crippen molar-refractivity contribution in [2.24, 2.45) is 5.41 Å². The zero-order valence-electron chi connectivity index (χ0n) is 11.1. The highest BCUT2D eigenvalue weighted by Crippen LogP contribution is 2.36. The predicted molar refractivity (Wildman–Crippen MR) is 77.8 cm³/mol. The van der Waals surface area contributed by atoms with E-state index in [1.54, 1.807) is 0 Å². The molecule has 18 heavy (non-hydrogen) atoms. The zero-order valence-corrected chi connectivity index (χ0v) is 12.6. The minimum atomic E-state index is 0.0266. The van der Waals surface area contributed by atoms with Crippen molar-refractivity contribution in [1.29, 1.82) is 0 Å². The van der Waals surface area contributed by atoms with E-state index in [-0.39, 0.29) is 5.91 Å². The van der Waals surface area contributed by atoms with E-state index < -0.39 is 0 Å². The highest BCUT2D eigenvalue weighted by molar-refractivity contribution is 9.10. The third-order valence-electron chi connectivity index (χ3n) is 3.92. The van der Waals surface area contributed by atoms with Crippen LogP contribution in [0.5, 0.6) is 0 Å². The standard InChI is InChI=1S/C15H20BrNO/c1-11-6-5-7-12(13(11)16)14(18)17-10-15(2)8-3-4-9-15/h5-7H,3-4,8-10H2,1-2H3,(H,17,18). The maximum absolute atomic E-state index is 12.2. The first-order valence-corrected chi connectivity index (χ1v) is 7.34. The molecule has 1 aromatic carbocycles. The fourth-order valence-electron chi connectivity index (χ4n) is 2.62. The lowest BCUT2D eigenvalue weighted by atomic mass is 9.89. The van der Waals surface area contributed by atoms with Crippen LogP contribution in [-0.2, 0) is 0 Å². The van der Waals surface area contributed by atoms with Crippen molar-refractivity contribution in [1.82, 2.24) is 5.32 Å². The molecular weight excluding hydrogens is 290 g/mol. The van der Waals surface area contributed by atoms with E-state index in [1.165, 1.54) is 25.7 Å². The molecule has 0 unspecified atom stereocenters. The Morgan fingerprint density at radius 2 is 2.06 bits per heavy atom. The molecule has 98 valence electrons. The van der Waals surface area contributed by atoms with Crippen molar-refractivity contribution >= 4 is 21.8 Å². The van der Waals surface area contributed by atoms with Crippen LogP contribution in [-0.4, -0.2) is 12.5 Å². The number of amides is 1. The summed E-state index contributed by atoms with van der Waals surface area (Å²) in [7, 11) is 0. The van der Waals surface area contributed by atoms with Gasteiger partial charge in [0.2, 0.25) is 0 Å². The maximum atomic E-state index is 12.2. The summed E-state index contributed by atoms with van der Waals surface area (Å²) in [6.07, 6.45) is 5.03. The quantitative estimate of drug-likeness (QED) is 0.896. The van der Waals surface area contributed by atoms with Crippen LogP contribution >= 0.6 is 15.9 Å². The molecule has 1 fully saturated rings. The lowest BCUT2D eigenvalue weighted by Crippen LogP contribution is -2.34. The van der Waals surface area contributed by atoms with Crippen molar-refractivity contribution in [3.05, 3.63) is 33.8 Å². The van der Waals surface area contributed by atoms with Crippen LogP contribution in [0.1, 0.15) is 48.5 Å². The SMILES string of the molecule is Cc1cccc(C(=O)NCC2(C)CCCC2)c1Br. The Morgan fingerprint density at radius 1 is 1.39 bits per heavy atom. The molecule has 0 heterocycles. The Morgan fingerprint density at radius 3 is 2.72 bits per heavy atom. The smallest absolute Gasteiger partial charge is 0.252 e. The molecule has 0 atom stereocenters. The summed E-state index contributed by atoms with van der Waals surface area (Å²) in [4.78, 5) is 12.2. The zero-order chi connectivity index (χ0) is 13.2. The van der Waals surface area contributed by atoms with E-state index >= 15 is 0 Å². The van der Waals surface area contributed by atoms with Crippen LogP contribution in [0.3, 0.4) is 0 Å².